The Kier molecular flexibility index (Phi) is 5.83. The van der Waals surface area contributed by atoms with Gasteiger partial charge in [-0.1, -0.05) is 61.5 Å². The molecule has 26 heavy (non-hydrogen) atoms. The monoisotopic (exact) mass is 369 g/mol. The van der Waals surface area contributed by atoms with E-state index in [1.807, 2.05) is 24.3 Å². The van der Waals surface area contributed by atoms with E-state index in [0.29, 0.717) is 22.1 Å². The highest BCUT2D eigenvalue weighted by Gasteiger charge is 2.16. The number of hydrogen-bond donors (Lipinski definition) is 0. The zero-order valence-electron chi connectivity index (χ0n) is 14.8. The molecule has 1 heterocycles. The van der Waals surface area contributed by atoms with Gasteiger partial charge in [-0.15, -0.1) is 10.2 Å². The molecule has 0 saturated carbocycles. The van der Waals surface area contributed by atoms with E-state index >= 15 is 0 Å². The van der Waals surface area contributed by atoms with Crippen LogP contribution in [0.5, 0.6) is 0 Å². The molecule has 0 bridgehead atoms. The van der Waals surface area contributed by atoms with Gasteiger partial charge in [-0.05, 0) is 24.1 Å². The number of carbonyl (C=O) groups excluding carboxylic acids is 1. The Labute approximate surface area is 156 Å². The van der Waals surface area contributed by atoms with Crippen molar-refractivity contribution < 1.29 is 9.18 Å². The molecule has 0 atom stereocenters. The third kappa shape index (κ3) is 4.02. The van der Waals surface area contributed by atoms with Crippen LogP contribution in [0.1, 0.15) is 29.3 Å². The van der Waals surface area contributed by atoms with E-state index in [-0.39, 0.29) is 17.4 Å². The van der Waals surface area contributed by atoms with Crippen LogP contribution >= 0.6 is 11.8 Å². The van der Waals surface area contributed by atoms with Crippen LogP contribution in [0.25, 0.3) is 11.4 Å². The molecule has 0 aliphatic heterocycles. The molecule has 0 aliphatic carbocycles. The van der Waals surface area contributed by atoms with Gasteiger partial charge in [-0.25, -0.2) is 4.39 Å². The number of Topliss-reactive ketones (excluding diaryl/α,β-unsaturated/α-hetero) is 1. The molecule has 134 valence electrons. The predicted octanol–water partition coefficient (Wildman–Crippen LogP) is 4.55. The number of aromatic nitrogens is 3. The standard InChI is InChI=1S/C20H20FN3OS/c1-3-6-14-9-11-15(12-10-14)18(25)13-26-20-23-22-19(24(20)2)16-7-4-5-8-17(16)21/h4-5,7-12H,3,6,13H2,1-2H3. The van der Waals surface area contributed by atoms with Gasteiger partial charge >= 0.3 is 0 Å². The van der Waals surface area contributed by atoms with Crippen molar-refractivity contribution >= 4 is 17.5 Å². The summed E-state index contributed by atoms with van der Waals surface area (Å²) in [7, 11) is 1.77. The van der Waals surface area contributed by atoms with Crippen molar-refractivity contribution in [2.75, 3.05) is 5.75 Å². The maximum atomic E-state index is 13.9. The fourth-order valence-corrected chi connectivity index (χ4v) is 3.48. The Bertz CT molecular complexity index is 906. The van der Waals surface area contributed by atoms with Gasteiger partial charge in [-0.3, -0.25) is 4.79 Å². The van der Waals surface area contributed by atoms with Gasteiger partial charge in [0, 0.05) is 12.6 Å². The average molecular weight is 369 g/mol. The van der Waals surface area contributed by atoms with E-state index in [4.69, 9.17) is 0 Å². The van der Waals surface area contributed by atoms with E-state index in [0.717, 1.165) is 12.8 Å². The number of nitrogens with zero attached hydrogens (tertiary/aromatic N) is 3. The van der Waals surface area contributed by atoms with Crippen LogP contribution in [-0.2, 0) is 13.5 Å². The Morgan fingerprint density at radius 2 is 1.85 bits per heavy atom. The lowest BCUT2D eigenvalue weighted by molar-refractivity contribution is 0.102. The minimum atomic E-state index is -0.345. The molecule has 0 saturated heterocycles. The molecule has 0 unspecified atom stereocenters. The van der Waals surface area contributed by atoms with Crippen LogP contribution in [0.2, 0.25) is 0 Å². The molecule has 0 fully saturated rings. The molecule has 0 amide bonds. The largest absolute Gasteiger partial charge is 0.305 e. The quantitative estimate of drug-likeness (QED) is 0.453. The van der Waals surface area contributed by atoms with Crippen LogP contribution in [0.15, 0.2) is 53.7 Å². The molecular formula is C20H20FN3OS. The van der Waals surface area contributed by atoms with Crippen molar-refractivity contribution in [3.8, 4) is 11.4 Å². The molecule has 4 nitrogen and oxygen atoms in total. The van der Waals surface area contributed by atoms with Gasteiger partial charge in [0.2, 0.25) is 0 Å². The number of thioether (sulfide) groups is 1. The summed E-state index contributed by atoms with van der Waals surface area (Å²) in [6.45, 7) is 2.13. The van der Waals surface area contributed by atoms with Crippen molar-refractivity contribution in [3.05, 3.63) is 65.5 Å². The van der Waals surface area contributed by atoms with Crippen LogP contribution < -0.4 is 0 Å². The first-order valence-electron chi connectivity index (χ1n) is 8.49. The maximum Gasteiger partial charge on any atom is 0.191 e. The molecule has 0 radical (unpaired) electrons. The smallest absolute Gasteiger partial charge is 0.191 e. The summed E-state index contributed by atoms with van der Waals surface area (Å²) >= 11 is 1.30. The lowest BCUT2D eigenvalue weighted by atomic mass is 10.1. The van der Waals surface area contributed by atoms with Crippen molar-refractivity contribution in [2.45, 2.75) is 24.9 Å². The summed E-state index contributed by atoms with van der Waals surface area (Å²) in [5.74, 6) is 0.398. The summed E-state index contributed by atoms with van der Waals surface area (Å²) in [5, 5.41) is 8.75. The highest BCUT2D eigenvalue weighted by atomic mass is 32.2. The van der Waals surface area contributed by atoms with Gasteiger partial charge in [0.25, 0.3) is 0 Å². The van der Waals surface area contributed by atoms with Crippen LogP contribution in [0, 0.1) is 5.82 Å². The molecule has 6 heteroatoms. The molecule has 3 aromatic rings. The van der Waals surface area contributed by atoms with E-state index in [9.17, 15) is 9.18 Å². The number of aryl methyl sites for hydroxylation is 1. The van der Waals surface area contributed by atoms with Crippen LogP contribution in [0.4, 0.5) is 4.39 Å². The molecule has 1 aromatic heterocycles. The maximum absolute atomic E-state index is 13.9. The highest BCUT2D eigenvalue weighted by molar-refractivity contribution is 7.99. The van der Waals surface area contributed by atoms with E-state index in [2.05, 4.69) is 17.1 Å². The Balaban J connectivity index is 1.68. The minimum absolute atomic E-state index is 0.0356. The first-order valence-corrected chi connectivity index (χ1v) is 9.48. The Morgan fingerprint density at radius 1 is 1.12 bits per heavy atom. The van der Waals surface area contributed by atoms with E-state index < -0.39 is 0 Å². The van der Waals surface area contributed by atoms with Gasteiger partial charge in [0.1, 0.15) is 5.82 Å². The first-order chi connectivity index (χ1) is 12.6. The zero-order chi connectivity index (χ0) is 18.5. The molecule has 0 spiro atoms. The molecule has 2 aromatic carbocycles. The first kappa shape index (κ1) is 18.3. The van der Waals surface area contributed by atoms with Crippen molar-refractivity contribution in [1.29, 1.82) is 0 Å². The molecule has 0 aliphatic rings. The third-order valence-electron chi connectivity index (χ3n) is 4.10. The molecular weight excluding hydrogens is 349 g/mol. The average Bonchev–Trinajstić information content (AvgIpc) is 3.01. The third-order valence-corrected chi connectivity index (χ3v) is 5.12. The predicted molar refractivity (Wildman–Crippen MR) is 102 cm³/mol. The van der Waals surface area contributed by atoms with Gasteiger partial charge < -0.3 is 4.57 Å². The second-order valence-corrected chi connectivity index (χ2v) is 6.95. The number of halogens is 1. The van der Waals surface area contributed by atoms with Gasteiger partial charge in [0.05, 0.1) is 11.3 Å². The molecule has 0 N–H and O–H groups in total. The zero-order valence-corrected chi connectivity index (χ0v) is 15.6. The number of hydrogen-bond acceptors (Lipinski definition) is 4. The summed E-state index contributed by atoms with van der Waals surface area (Å²) in [6, 6.07) is 14.2. The normalized spacial score (nSPS) is 10.9. The van der Waals surface area contributed by atoms with Crippen LogP contribution in [0.3, 0.4) is 0 Å². The number of benzene rings is 2. The summed E-state index contributed by atoms with van der Waals surface area (Å²) in [6.07, 6.45) is 2.10. The summed E-state index contributed by atoms with van der Waals surface area (Å²) in [5.41, 5.74) is 2.32. The Hall–Kier alpha value is -2.47. The van der Waals surface area contributed by atoms with Crippen molar-refractivity contribution in [1.82, 2.24) is 14.8 Å². The van der Waals surface area contributed by atoms with Crippen molar-refractivity contribution in [2.24, 2.45) is 7.05 Å². The SMILES string of the molecule is CCCc1ccc(C(=O)CSc2nnc(-c3ccccc3F)n2C)cc1. The highest BCUT2D eigenvalue weighted by Crippen LogP contribution is 2.25. The topological polar surface area (TPSA) is 47.8 Å². The lowest BCUT2D eigenvalue weighted by Crippen LogP contribution is -2.04. The fourth-order valence-electron chi connectivity index (χ4n) is 2.68. The molecule has 3 rings (SSSR count). The lowest BCUT2D eigenvalue weighted by Gasteiger charge is -2.05. The number of carbonyl (C=O) groups is 1. The van der Waals surface area contributed by atoms with Crippen molar-refractivity contribution in [3.63, 3.8) is 0 Å². The van der Waals surface area contributed by atoms with E-state index in [1.54, 1.807) is 29.8 Å². The van der Waals surface area contributed by atoms with E-state index in [1.165, 1.54) is 23.4 Å². The van der Waals surface area contributed by atoms with Gasteiger partial charge in [-0.2, -0.15) is 0 Å². The second kappa shape index (κ2) is 8.27. The van der Waals surface area contributed by atoms with Crippen LogP contribution in [-0.4, -0.2) is 26.3 Å². The summed E-state index contributed by atoms with van der Waals surface area (Å²) < 4.78 is 15.7. The minimum Gasteiger partial charge on any atom is -0.305 e. The Morgan fingerprint density at radius 3 is 2.54 bits per heavy atom. The van der Waals surface area contributed by atoms with Gasteiger partial charge in [0.15, 0.2) is 16.8 Å². The summed E-state index contributed by atoms with van der Waals surface area (Å²) in [4.78, 5) is 12.4. The number of rotatable bonds is 7. The second-order valence-electron chi connectivity index (χ2n) is 6.00. The number of ketones is 1. The fraction of sp³-hybridized carbons (Fsp3) is 0.250.